The van der Waals surface area contributed by atoms with Crippen molar-refractivity contribution in [1.29, 1.82) is 0 Å². The average molecular weight is 261 g/mol. The third-order valence-corrected chi connectivity index (χ3v) is 3.08. The molecule has 2 rings (SSSR count). The van der Waals surface area contributed by atoms with Gasteiger partial charge < -0.3 is 15.3 Å². The number of rotatable bonds is 6. The van der Waals surface area contributed by atoms with Crippen molar-refractivity contribution in [3.8, 4) is 0 Å². The van der Waals surface area contributed by atoms with Crippen LogP contribution in [0, 0.1) is 0 Å². The molecule has 0 atom stereocenters. The summed E-state index contributed by atoms with van der Waals surface area (Å²) < 4.78 is 0. The fourth-order valence-corrected chi connectivity index (χ4v) is 2.01. The van der Waals surface area contributed by atoms with E-state index in [0.29, 0.717) is 11.0 Å². The Morgan fingerprint density at radius 2 is 1.74 bits per heavy atom. The molecular weight excluding hydrogens is 242 g/mol. The van der Waals surface area contributed by atoms with Crippen LogP contribution in [0.2, 0.25) is 0 Å². The Hall–Kier alpha value is -2.04. The van der Waals surface area contributed by atoms with Crippen LogP contribution in [0.1, 0.15) is 32.6 Å². The lowest BCUT2D eigenvalue weighted by atomic mass is 10.2. The molecule has 0 aliphatic heterocycles. The number of fused-ring (bicyclic) bond motifs is 1. The van der Waals surface area contributed by atoms with Gasteiger partial charge in [0.25, 0.3) is 0 Å². The monoisotopic (exact) mass is 261 g/mol. The molecule has 1 heterocycles. The molecule has 0 amide bonds. The quantitative estimate of drug-likeness (QED) is 0.551. The van der Waals surface area contributed by atoms with E-state index in [9.17, 15) is 9.59 Å². The fourth-order valence-electron chi connectivity index (χ4n) is 2.01. The van der Waals surface area contributed by atoms with Crippen molar-refractivity contribution in [2.24, 2.45) is 0 Å². The van der Waals surface area contributed by atoms with E-state index in [-0.39, 0.29) is 0 Å². The summed E-state index contributed by atoms with van der Waals surface area (Å²) in [5, 5.41) is 3.32. The molecule has 1 aromatic carbocycles. The van der Waals surface area contributed by atoms with Crippen molar-refractivity contribution in [3.63, 3.8) is 0 Å². The van der Waals surface area contributed by atoms with Crippen LogP contribution in [-0.4, -0.2) is 16.5 Å². The van der Waals surface area contributed by atoms with E-state index in [1.165, 1.54) is 19.3 Å². The Morgan fingerprint density at radius 1 is 1.00 bits per heavy atom. The predicted molar refractivity (Wildman–Crippen MR) is 77.8 cm³/mol. The second-order valence-corrected chi connectivity index (χ2v) is 4.66. The van der Waals surface area contributed by atoms with Gasteiger partial charge in [0, 0.05) is 12.2 Å². The maximum absolute atomic E-state index is 11.3. The van der Waals surface area contributed by atoms with Crippen molar-refractivity contribution in [2.75, 3.05) is 11.9 Å². The van der Waals surface area contributed by atoms with Crippen LogP contribution in [-0.2, 0) is 0 Å². The molecule has 19 heavy (non-hydrogen) atoms. The van der Waals surface area contributed by atoms with Gasteiger partial charge in [0.1, 0.15) is 0 Å². The molecule has 0 aliphatic rings. The molecule has 0 spiro atoms. The predicted octanol–water partition coefficient (Wildman–Crippen LogP) is 2.21. The van der Waals surface area contributed by atoms with E-state index in [1.807, 2.05) is 12.1 Å². The Morgan fingerprint density at radius 3 is 2.47 bits per heavy atom. The molecule has 0 fully saturated rings. The highest BCUT2D eigenvalue weighted by Crippen LogP contribution is 2.13. The molecule has 3 N–H and O–H groups in total. The highest BCUT2D eigenvalue weighted by Gasteiger charge is 2.00. The summed E-state index contributed by atoms with van der Waals surface area (Å²) in [7, 11) is 0. The molecule has 0 radical (unpaired) electrons. The maximum Gasteiger partial charge on any atom is 0.314 e. The van der Waals surface area contributed by atoms with Gasteiger partial charge in [-0.25, -0.2) is 0 Å². The van der Waals surface area contributed by atoms with Crippen molar-refractivity contribution >= 4 is 16.7 Å². The standard InChI is InChI=1S/C14H19N3O2/c1-2-3-4-5-8-15-10-6-7-11-12(9-10)17-14(19)13(18)16-11/h6-7,9,15H,2-5,8H2,1H3,(H,16,18)(H,17,19). The van der Waals surface area contributed by atoms with E-state index in [1.54, 1.807) is 6.07 Å². The van der Waals surface area contributed by atoms with Gasteiger partial charge in [0.05, 0.1) is 11.0 Å². The van der Waals surface area contributed by atoms with Crippen LogP contribution in [0.25, 0.3) is 11.0 Å². The van der Waals surface area contributed by atoms with E-state index in [2.05, 4.69) is 22.2 Å². The Balaban J connectivity index is 2.07. The smallest absolute Gasteiger partial charge is 0.314 e. The zero-order valence-electron chi connectivity index (χ0n) is 11.1. The zero-order chi connectivity index (χ0) is 13.7. The van der Waals surface area contributed by atoms with Crippen LogP contribution in [0.5, 0.6) is 0 Å². The first kappa shape index (κ1) is 13.4. The SMILES string of the molecule is CCCCCCNc1ccc2[nH]c(=O)c(=O)[nH]c2c1. The largest absolute Gasteiger partial charge is 0.385 e. The molecule has 5 nitrogen and oxygen atoms in total. The second kappa shape index (κ2) is 6.22. The summed E-state index contributed by atoms with van der Waals surface area (Å²) in [5.74, 6) is 0. The van der Waals surface area contributed by atoms with Crippen molar-refractivity contribution in [3.05, 3.63) is 38.9 Å². The minimum Gasteiger partial charge on any atom is -0.385 e. The van der Waals surface area contributed by atoms with Crippen LogP contribution >= 0.6 is 0 Å². The van der Waals surface area contributed by atoms with Gasteiger partial charge in [0.2, 0.25) is 0 Å². The number of unbranched alkanes of at least 4 members (excludes halogenated alkanes) is 3. The second-order valence-electron chi connectivity index (χ2n) is 4.66. The molecule has 0 saturated carbocycles. The summed E-state index contributed by atoms with van der Waals surface area (Å²) in [5.41, 5.74) is 0.997. The average Bonchev–Trinajstić information content (AvgIpc) is 2.40. The first-order valence-electron chi connectivity index (χ1n) is 6.71. The molecule has 0 saturated heterocycles. The number of hydrogen-bond donors (Lipinski definition) is 3. The van der Waals surface area contributed by atoms with E-state index in [4.69, 9.17) is 0 Å². The number of aromatic nitrogens is 2. The molecule has 0 bridgehead atoms. The van der Waals surface area contributed by atoms with Crippen LogP contribution in [0.4, 0.5) is 5.69 Å². The number of hydrogen-bond acceptors (Lipinski definition) is 3. The lowest BCUT2D eigenvalue weighted by Crippen LogP contribution is -2.28. The van der Waals surface area contributed by atoms with Gasteiger partial charge in [0.15, 0.2) is 0 Å². The lowest BCUT2D eigenvalue weighted by Gasteiger charge is -2.07. The first-order valence-corrected chi connectivity index (χ1v) is 6.71. The molecular formula is C14H19N3O2. The fraction of sp³-hybridized carbons (Fsp3) is 0.429. The normalized spacial score (nSPS) is 10.8. The Bertz CT molecular complexity index is 658. The van der Waals surface area contributed by atoms with Crippen LogP contribution < -0.4 is 16.4 Å². The first-order chi connectivity index (χ1) is 9.20. The van der Waals surface area contributed by atoms with Crippen molar-refractivity contribution in [1.82, 2.24) is 9.97 Å². The van der Waals surface area contributed by atoms with Crippen molar-refractivity contribution in [2.45, 2.75) is 32.6 Å². The molecule has 102 valence electrons. The summed E-state index contributed by atoms with van der Waals surface area (Å²) in [6, 6.07) is 5.53. The number of nitrogens with one attached hydrogen (secondary N) is 3. The minimum atomic E-state index is -0.618. The van der Waals surface area contributed by atoms with Crippen LogP contribution in [0.3, 0.4) is 0 Å². The lowest BCUT2D eigenvalue weighted by molar-refractivity contribution is 0.685. The molecule has 2 aromatic rings. The molecule has 0 aliphatic carbocycles. The van der Waals surface area contributed by atoms with Gasteiger partial charge in [-0.15, -0.1) is 0 Å². The third kappa shape index (κ3) is 3.47. The number of anilines is 1. The number of benzene rings is 1. The van der Waals surface area contributed by atoms with E-state index < -0.39 is 11.1 Å². The van der Waals surface area contributed by atoms with Gasteiger partial charge in [-0.1, -0.05) is 26.2 Å². The number of aromatic amines is 2. The van der Waals surface area contributed by atoms with Gasteiger partial charge in [-0.2, -0.15) is 0 Å². The van der Waals surface area contributed by atoms with Crippen LogP contribution in [0.15, 0.2) is 27.8 Å². The Kier molecular flexibility index (Phi) is 4.39. The maximum atomic E-state index is 11.3. The number of H-pyrrole nitrogens is 2. The topological polar surface area (TPSA) is 77.8 Å². The zero-order valence-corrected chi connectivity index (χ0v) is 11.1. The van der Waals surface area contributed by atoms with Crippen molar-refractivity contribution < 1.29 is 0 Å². The third-order valence-electron chi connectivity index (χ3n) is 3.08. The highest BCUT2D eigenvalue weighted by molar-refractivity contribution is 5.78. The summed E-state index contributed by atoms with van der Waals surface area (Å²) >= 11 is 0. The molecule has 0 unspecified atom stereocenters. The summed E-state index contributed by atoms with van der Waals surface area (Å²) in [4.78, 5) is 27.5. The van der Waals surface area contributed by atoms with Gasteiger partial charge >= 0.3 is 11.1 Å². The minimum absolute atomic E-state index is 0.618. The van der Waals surface area contributed by atoms with Gasteiger partial charge in [-0.05, 0) is 24.6 Å². The highest BCUT2D eigenvalue weighted by atomic mass is 16.2. The summed E-state index contributed by atoms with van der Waals surface area (Å²) in [6.07, 6.45) is 4.84. The molecule has 1 aromatic heterocycles. The molecule has 5 heteroatoms. The summed E-state index contributed by atoms with van der Waals surface area (Å²) in [6.45, 7) is 3.10. The Labute approximate surface area is 111 Å². The van der Waals surface area contributed by atoms with Gasteiger partial charge in [-0.3, -0.25) is 9.59 Å². The van der Waals surface area contributed by atoms with E-state index in [0.717, 1.165) is 18.7 Å². The van der Waals surface area contributed by atoms with E-state index >= 15 is 0 Å².